The molecule has 0 bridgehead atoms. The van der Waals surface area contributed by atoms with Gasteiger partial charge in [0.05, 0.1) is 12.7 Å². The van der Waals surface area contributed by atoms with Crippen LogP contribution in [0.15, 0.2) is 0 Å². The van der Waals surface area contributed by atoms with E-state index in [1.807, 2.05) is 6.92 Å². The Morgan fingerprint density at radius 3 is 2.57 bits per heavy atom. The molecule has 5 heteroatoms. The largest absolute Gasteiger partial charge is 0.387 e. The quantitative estimate of drug-likeness (QED) is 0.555. The smallest absolute Gasteiger partial charge is 0.181 e. The molecule has 2 saturated heterocycles. The standard InChI is InChI=1S/C9H16O5/c1-4-7(10)9(11)14-6-3-12-5(2)13-8(4)6/h4-11H,3H2,1-2H3/t4-,5?,6-,7-,8+,9+/m1/s1. The van der Waals surface area contributed by atoms with Gasteiger partial charge in [-0.15, -0.1) is 0 Å². The third-order valence-electron chi connectivity index (χ3n) is 2.87. The van der Waals surface area contributed by atoms with Crippen molar-refractivity contribution in [3.8, 4) is 0 Å². The van der Waals surface area contributed by atoms with Gasteiger partial charge in [-0.2, -0.15) is 0 Å². The lowest BCUT2D eigenvalue weighted by atomic mass is 9.90. The molecule has 2 aliphatic rings. The van der Waals surface area contributed by atoms with Crippen molar-refractivity contribution >= 4 is 0 Å². The molecular formula is C9H16O5. The number of rotatable bonds is 0. The molecule has 2 rings (SSSR count). The predicted molar refractivity (Wildman–Crippen MR) is 46.3 cm³/mol. The maximum atomic E-state index is 9.58. The summed E-state index contributed by atoms with van der Waals surface area (Å²) < 4.78 is 15.9. The minimum Gasteiger partial charge on any atom is -0.387 e. The van der Waals surface area contributed by atoms with E-state index in [2.05, 4.69) is 0 Å². The number of ether oxygens (including phenoxy) is 3. The second kappa shape index (κ2) is 3.75. The highest BCUT2D eigenvalue weighted by molar-refractivity contribution is 4.89. The van der Waals surface area contributed by atoms with Crippen molar-refractivity contribution in [2.24, 2.45) is 5.92 Å². The molecule has 2 N–H and O–H groups in total. The highest BCUT2D eigenvalue weighted by Gasteiger charge is 2.45. The van der Waals surface area contributed by atoms with E-state index in [1.165, 1.54) is 0 Å². The average Bonchev–Trinajstić information content (AvgIpc) is 2.16. The van der Waals surface area contributed by atoms with Crippen LogP contribution in [0.4, 0.5) is 0 Å². The van der Waals surface area contributed by atoms with Crippen LogP contribution in [0.1, 0.15) is 13.8 Å². The monoisotopic (exact) mass is 204 g/mol. The normalized spacial score (nSPS) is 54.0. The lowest BCUT2D eigenvalue weighted by Crippen LogP contribution is -2.58. The van der Waals surface area contributed by atoms with Gasteiger partial charge in [-0.25, -0.2) is 0 Å². The second-order valence-corrected chi connectivity index (χ2v) is 3.92. The molecule has 0 aromatic carbocycles. The fraction of sp³-hybridized carbons (Fsp3) is 1.00. The Morgan fingerprint density at radius 2 is 1.86 bits per heavy atom. The average molecular weight is 204 g/mol. The Bertz CT molecular complexity index is 207. The Kier molecular flexibility index (Phi) is 2.77. The van der Waals surface area contributed by atoms with Crippen LogP contribution in [0.2, 0.25) is 0 Å². The first-order valence-electron chi connectivity index (χ1n) is 4.88. The highest BCUT2D eigenvalue weighted by Crippen LogP contribution is 2.31. The summed E-state index contributed by atoms with van der Waals surface area (Å²) in [7, 11) is 0. The van der Waals surface area contributed by atoms with Gasteiger partial charge in [0.1, 0.15) is 12.2 Å². The number of aliphatic hydroxyl groups excluding tert-OH is 2. The van der Waals surface area contributed by atoms with Gasteiger partial charge >= 0.3 is 0 Å². The first-order chi connectivity index (χ1) is 6.59. The second-order valence-electron chi connectivity index (χ2n) is 3.92. The summed E-state index contributed by atoms with van der Waals surface area (Å²) in [6.45, 7) is 4.05. The van der Waals surface area contributed by atoms with Crippen molar-refractivity contribution < 1.29 is 24.4 Å². The van der Waals surface area contributed by atoms with E-state index in [1.54, 1.807) is 6.92 Å². The van der Waals surface area contributed by atoms with Gasteiger partial charge in [0.2, 0.25) is 0 Å². The molecule has 0 radical (unpaired) electrons. The van der Waals surface area contributed by atoms with Gasteiger partial charge in [0.25, 0.3) is 0 Å². The van der Waals surface area contributed by atoms with Crippen LogP contribution < -0.4 is 0 Å². The number of aliphatic hydroxyl groups is 2. The maximum Gasteiger partial charge on any atom is 0.181 e. The molecule has 0 saturated carbocycles. The zero-order valence-corrected chi connectivity index (χ0v) is 8.29. The third-order valence-corrected chi connectivity index (χ3v) is 2.87. The van der Waals surface area contributed by atoms with Crippen LogP contribution in [-0.4, -0.2) is 47.7 Å². The Hall–Kier alpha value is -0.200. The van der Waals surface area contributed by atoms with Gasteiger partial charge < -0.3 is 24.4 Å². The lowest BCUT2D eigenvalue weighted by Gasteiger charge is -2.45. The van der Waals surface area contributed by atoms with Crippen LogP contribution >= 0.6 is 0 Å². The SMILES string of the molecule is CC1OC[C@H]2O[C@H](O)[C@H](O)[C@@H](C)[C@@H]2O1. The van der Waals surface area contributed by atoms with E-state index >= 15 is 0 Å². The number of hydrogen-bond donors (Lipinski definition) is 2. The first kappa shape index (κ1) is 10.3. The maximum absolute atomic E-state index is 9.58. The van der Waals surface area contributed by atoms with Crippen molar-refractivity contribution in [2.45, 2.75) is 44.7 Å². The van der Waals surface area contributed by atoms with Crippen LogP contribution in [-0.2, 0) is 14.2 Å². The summed E-state index contributed by atoms with van der Waals surface area (Å²) in [4.78, 5) is 0. The van der Waals surface area contributed by atoms with Crippen LogP contribution in [0.25, 0.3) is 0 Å². The van der Waals surface area contributed by atoms with Crippen molar-refractivity contribution in [3.63, 3.8) is 0 Å². The zero-order valence-electron chi connectivity index (χ0n) is 8.29. The molecule has 82 valence electrons. The molecular weight excluding hydrogens is 188 g/mol. The van der Waals surface area contributed by atoms with Gasteiger partial charge in [-0.1, -0.05) is 6.92 Å². The molecule has 0 amide bonds. The van der Waals surface area contributed by atoms with Crippen molar-refractivity contribution in [1.82, 2.24) is 0 Å². The summed E-state index contributed by atoms with van der Waals surface area (Å²) in [6, 6.07) is 0. The van der Waals surface area contributed by atoms with Crippen molar-refractivity contribution in [1.29, 1.82) is 0 Å². The Balaban J connectivity index is 2.08. The molecule has 5 nitrogen and oxygen atoms in total. The van der Waals surface area contributed by atoms with Gasteiger partial charge in [-0.3, -0.25) is 0 Å². The van der Waals surface area contributed by atoms with Gasteiger partial charge in [-0.05, 0) is 6.92 Å². The van der Waals surface area contributed by atoms with Crippen LogP contribution in [0.5, 0.6) is 0 Å². The fourth-order valence-electron chi connectivity index (χ4n) is 1.97. The molecule has 2 fully saturated rings. The van der Waals surface area contributed by atoms with Crippen molar-refractivity contribution in [3.05, 3.63) is 0 Å². The Morgan fingerprint density at radius 1 is 1.14 bits per heavy atom. The minimum absolute atomic E-state index is 0.143. The molecule has 0 spiro atoms. The fourth-order valence-corrected chi connectivity index (χ4v) is 1.97. The summed E-state index contributed by atoms with van der Waals surface area (Å²) in [6.07, 6.45) is -2.77. The first-order valence-corrected chi connectivity index (χ1v) is 4.88. The molecule has 1 unspecified atom stereocenters. The van der Waals surface area contributed by atoms with Gasteiger partial charge in [0.15, 0.2) is 12.6 Å². The minimum atomic E-state index is -1.13. The van der Waals surface area contributed by atoms with Crippen molar-refractivity contribution in [2.75, 3.05) is 6.61 Å². The summed E-state index contributed by atoms with van der Waals surface area (Å²) in [5.41, 5.74) is 0. The molecule has 0 aromatic rings. The highest BCUT2D eigenvalue weighted by atomic mass is 16.7. The summed E-state index contributed by atoms with van der Waals surface area (Å²) >= 11 is 0. The van der Waals surface area contributed by atoms with E-state index in [4.69, 9.17) is 14.2 Å². The molecule has 0 aliphatic carbocycles. The lowest BCUT2D eigenvalue weighted by molar-refractivity contribution is -0.338. The molecule has 0 aromatic heterocycles. The van der Waals surface area contributed by atoms with E-state index in [9.17, 15) is 10.2 Å². The molecule has 14 heavy (non-hydrogen) atoms. The summed E-state index contributed by atoms with van der Waals surface area (Å²) in [5.74, 6) is -0.143. The number of fused-ring (bicyclic) bond motifs is 1. The predicted octanol–water partition coefficient (Wildman–Crippen LogP) is -0.538. The van der Waals surface area contributed by atoms with E-state index in [0.717, 1.165) is 0 Å². The topological polar surface area (TPSA) is 68.2 Å². The molecule has 6 atom stereocenters. The summed E-state index contributed by atoms with van der Waals surface area (Å²) in [5, 5.41) is 18.9. The zero-order chi connectivity index (χ0) is 10.3. The van der Waals surface area contributed by atoms with E-state index in [-0.39, 0.29) is 24.4 Å². The molecule has 2 heterocycles. The third kappa shape index (κ3) is 1.66. The van der Waals surface area contributed by atoms with Crippen LogP contribution in [0, 0.1) is 5.92 Å². The van der Waals surface area contributed by atoms with Gasteiger partial charge in [0, 0.05) is 5.92 Å². The Labute approximate surface area is 82.6 Å². The number of hydrogen-bond acceptors (Lipinski definition) is 5. The molecule has 2 aliphatic heterocycles. The van der Waals surface area contributed by atoms with E-state index in [0.29, 0.717) is 6.61 Å². The van der Waals surface area contributed by atoms with Crippen LogP contribution in [0.3, 0.4) is 0 Å². The van der Waals surface area contributed by atoms with E-state index < -0.39 is 12.4 Å².